The third-order valence-corrected chi connectivity index (χ3v) is 8.25. The lowest BCUT2D eigenvalue weighted by atomic mass is 9.81. The van der Waals surface area contributed by atoms with Crippen molar-refractivity contribution in [3.8, 4) is 0 Å². The lowest BCUT2D eigenvalue weighted by molar-refractivity contribution is 0.0384. The molecule has 1 N–H and O–H groups in total. The second-order valence-electron chi connectivity index (χ2n) is 7.14. The molecule has 1 heterocycles. The standard InChI is InChI=1S/C16H29NO3S/c18-16-11-5-4-9-14(16)15-10-6-12-17(15)21(19,20)13-7-2-1-3-8-13/h13-16,18H,1-12H2. The second kappa shape index (κ2) is 6.55. The smallest absolute Gasteiger partial charge is 0.217 e. The number of rotatable bonds is 3. The van der Waals surface area contributed by atoms with Crippen LogP contribution in [0.3, 0.4) is 0 Å². The molecule has 2 aliphatic carbocycles. The lowest BCUT2D eigenvalue weighted by Crippen LogP contribution is -2.48. The van der Waals surface area contributed by atoms with E-state index in [0.29, 0.717) is 6.54 Å². The van der Waals surface area contributed by atoms with Crippen LogP contribution in [0.1, 0.15) is 70.6 Å². The summed E-state index contributed by atoms with van der Waals surface area (Å²) in [4.78, 5) is 0. The normalized spacial score (nSPS) is 36.9. The van der Waals surface area contributed by atoms with E-state index in [4.69, 9.17) is 0 Å². The molecule has 3 aliphatic rings. The van der Waals surface area contributed by atoms with Gasteiger partial charge in [0.1, 0.15) is 0 Å². The highest BCUT2D eigenvalue weighted by Crippen LogP contribution is 2.38. The van der Waals surface area contributed by atoms with Gasteiger partial charge in [-0.2, -0.15) is 4.31 Å². The van der Waals surface area contributed by atoms with Crippen molar-refractivity contribution in [1.82, 2.24) is 4.31 Å². The largest absolute Gasteiger partial charge is 0.393 e. The summed E-state index contributed by atoms with van der Waals surface area (Å²) in [6.45, 7) is 0.673. The first-order valence-electron chi connectivity index (χ1n) is 8.79. The Morgan fingerprint density at radius 3 is 2.19 bits per heavy atom. The quantitative estimate of drug-likeness (QED) is 0.871. The zero-order chi connectivity index (χ0) is 14.9. The van der Waals surface area contributed by atoms with Crippen LogP contribution in [0.25, 0.3) is 0 Å². The van der Waals surface area contributed by atoms with Gasteiger partial charge >= 0.3 is 0 Å². The van der Waals surface area contributed by atoms with Gasteiger partial charge in [-0.05, 0) is 38.5 Å². The highest BCUT2D eigenvalue weighted by molar-refractivity contribution is 7.89. The Kier molecular flexibility index (Phi) is 4.91. The Morgan fingerprint density at radius 2 is 1.48 bits per heavy atom. The number of sulfonamides is 1. The zero-order valence-corrected chi connectivity index (χ0v) is 13.7. The molecule has 3 atom stereocenters. The van der Waals surface area contributed by atoms with Crippen molar-refractivity contribution < 1.29 is 13.5 Å². The molecule has 0 spiro atoms. The van der Waals surface area contributed by atoms with Gasteiger partial charge in [0.05, 0.1) is 11.4 Å². The Morgan fingerprint density at radius 1 is 0.810 bits per heavy atom. The molecule has 21 heavy (non-hydrogen) atoms. The van der Waals surface area contributed by atoms with Gasteiger partial charge in [-0.3, -0.25) is 0 Å². The van der Waals surface area contributed by atoms with Crippen LogP contribution in [0.15, 0.2) is 0 Å². The van der Waals surface area contributed by atoms with Crippen LogP contribution in [0, 0.1) is 5.92 Å². The van der Waals surface area contributed by atoms with E-state index in [1.165, 1.54) is 6.42 Å². The van der Waals surface area contributed by atoms with E-state index >= 15 is 0 Å². The minimum atomic E-state index is -3.16. The average molecular weight is 315 g/mol. The SMILES string of the molecule is O=S(=O)(C1CCCCC1)N1CCCC1C1CCCCC1O. The fourth-order valence-electron chi connectivity index (χ4n) is 4.65. The molecular weight excluding hydrogens is 286 g/mol. The summed E-state index contributed by atoms with van der Waals surface area (Å²) in [6.07, 6.45) is 10.6. The first-order chi connectivity index (χ1) is 10.1. The number of aliphatic hydroxyl groups is 1. The number of nitrogens with zero attached hydrogens (tertiary/aromatic N) is 1. The van der Waals surface area contributed by atoms with Gasteiger partial charge in [0.2, 0.25) is 10.0 Å². The van der Waals surface area contributed by atoms with Crippen LogP contribution >= 0.6 is 0 Å². The number of hydrogen-bond acceptors (Lipinski definition) is 3. The molecule has 0 radical (unpaired) electrons. The van der Waals surface area contributed by atoms with E-state index in [-0.39, 0.29) is 23.3 Å². The number of aliphatic hydroxyl groups excluding tert-OH is 1. The number of hydrogen-bond donors (Lipinski definition) is 1. The summed E-state index contributed by atoms with van der Waals surface area (Å²) in [6, 6.07) is 0.0622. The van der Waals surface area contributed by atoms with E-state index in [2.05, 4.69) is 0 Å². The molecule has 1 aliphatic heterocycles. The van der Waals surface area contributed by atoms with Crippen LogP contribution in [0.5, 0.6) is 0 Å². The van der Waals surface area contributed by atoms with Gasteiger partial charge in [0, 0.05) is 18.5 Å². The van der Waals surface area contributed by atoms with Crippen molar-refractivity contribution in [3.63, 3.8) is 0 Å². The highest BCUT2D eigenvalue weighted by Gasteiger charge is 2.44. The Hall–Kier alpha value is -0.130. The maximum absolute atomic E-state index is 13.0. The first kappa shape index (κ1) is 15.8. The van der Waals surface area contributed by atoms with Crippen LogP contribution in [-0.2, 0) is 10.0 Å². The lowest BCUT2D eigenvalue weighted by Gasteiger charge is -2.38. The molecule has 122 valence electrons. The van der Waals surface area contributed by atoms with E-state index in [1.54, 1.807) is 4.31 Å². The molecular formula is C16H29NO3S. The maximum atomic E-state index is 13.0. The van der Waals surface area contributed by atoms with Crippen molar-refractivity contribution >= 4 is 10.0 Å². The molecule has 4 nitrogen and oxygen atoms in total. The van der Waals surface area contributed by atoms with Crippen LogP contribution in [-0.4, -0.2) is 41.8 Å². The van der Waals surface area contributed by atoms with Gasteiger partial charge in [0.25, 0.3) is 0 Å². The van der Waals surface area contributed by atoms with Gasteiger partial charge in [-0.15, -0.1) is 0 Å². The van der Waals surface area contributed by atoms with Crippen molar-refractivity contribution in [2.24, 2.45) is 5.92 Å². The Balaban J connectivity index is 1.76. The molecule has 0 aromatic heterocycles. The molecule has 0 amide bonds. The molecule has 3 rings (SSSR count). The zero-order valence-electron chi connectivity index (χ0n) is 12.9. The summed E-state index contributed by atoms with van der Waals surface area (Å²) in [5.74, 6) is 0.166. The van der Waals surface area contributed by atoms with Crippen molar-refractivity contribution in [3.05, 3.63) is 0 Å². The summed E-state index contributed by atoms with van der Waals surface area (Å²) in [5.41, 5.74) is 0. The van der Waals surface area contributed by atoms with Gasteiger partial charge in [-0.25, -0.2) is 8.42 Å². The fraction of sp³-hybridized carbons (Fsp3) is 1.00. The summed E-state index contributed by atoms with van der Waals surface area (Å²) in [7, 11) is -3.16. The molecule has 0 bridgehead atoms. The Bertz CT molecular complexity index is 444. The van der Waals surface area contributed by atoms with E-state index < -0.39 is 10.0 Å². The summed E-state index contributed by atoms with van der Waals surface area (Å²) < 4.78 is 27.8. The van der Waals surface area contributed by atoms with E-state index in [9.17, 15) is 13.5 Å². The fourth-order valence-corrected chi connectivity index (χ4v) is 6.99. The molecule has 1 saturated heterocycles. The molecule has 2 saturated carbocycles. The first-order valence-corrected chi connectivity index (χ1v) is 10.3. The second-order valence-corrected chi connectivity index (χ2v) is 9.31. The van der Waals surface area contributed by atoms with E-state index in [0.717, 1.165) is 64.2 Å². The third-order valence-electron chi connectivity index (χ3n) is 5.82. The predicted molar refractivity (Wildman–Crippen MR) is 83.5 cm³/mol. The van der Waals surface area contributed by atoms with Crippen molar-refractivity contribution in [2.75, 3.05) is 6.54 Å². The van der Waals surface area contributed by atoms with Gasteiger partial charge in [-0.1, -0.05) is 32.1 Å². The van der Waals surface area contributed by atoms with Gasteiger partial charge in [0.15, 0.2) is 0 Å². The van der Waals surface area contributed by atoms with Crippen LogP contribution in [0.2, 0.25) is 0 Å². The minimum absolute atomic E-state index is 0.0622. The Labute approximate surface area is 129 Å². The molecule has 0 aromatic rings. The summed E-state index contributed by atoms with van der Waals surface area (Å²) in [5, 5.41) is 10.1. The molecule has 5 heteroatoms. The topological polar surface area (TPSA) is 57.6 Å². The predicted octanol–water partition coefficient (Wildman–Crippen LogP) is 2.66. The highest BCUT2D eigenvalue weighted by atomic mass is 32.2. The molecule has 3 fully saturated rings. The molecule has 0 aromatic carbocycles. The minimum Gasteiger partial charge on any atom is -0.393 e. The summed E-state index contributed by atoms with van der Waals surface area (Å²) >= 11 is 0. The van der Waals surface area contributed by atoms with Gasteiger partial charge < -0.3 is 5.11 Å². The van der Waals surface area contributed by atoms with Crippen LogP contribution in [0.4, 0.5) is 0 Å². The van der Waals surface area contributed by atoms with Crippen molar-refractivity contribution in [2.45, 2.75) is 88.0 Å². The molecule has 3 unspecified atom stereocenters. The maximum Gasteiger partial charge on any atom is 0.217 e. The monoisotopic (exact) mass is 315 g/mol. The van der Waals surface area contributed by atoms with E-state index in [1.807, 2.05) is 0 Å². The van der Waals surface area contributed by atoms with Crippen LogP contribution < -0.4 is 0 Å². The van der Waals surface area contributed by atoms with Crippen molar-refractivity contribution in [1.29, 1.82) is 0 Å². The third kappa shape index (κ3) is 3.15. The average Bonchev–Trinajstić information content (AvgIpc) is 2.99.